The van der Waals surface area contributed by atoms with E-state index in [4.69, 9.17) is 5.73 Å². The number of nitrogens with zero attached hydrogens (tertiary/aromatic N) is 2. The highest BCUT2D eigenvalue weighted by atomic mass is 15.3. The van der Waals surface area contributed by atoms with Crippen LogP contribution >= 0.6 is 0 Å². The smallest absolute Gasteiger partial charge is 0.0471 e. The summed E-state index contributed by atoms with van der Waals surface area (Å²) in [6, 6.07) is 9.65. The summed E-state index contributed by atoms with van der Waals surface area (Å²) in [5, 5.41) is 0. The molecule has 2 N–H and O–H groups in total. The van der Waals surface area contributed by atoms with E-state index in [0.29, 0.717) is 6.04 Å². The van der Waals surface area contributed by atoms with Gasteiger partial charge in [0.05, 0.1) is 0 Å². The third-order valence-corrected chi connectivity index (χ3v) is 4.98. The lowest BCUT2D eigenvalue weighted by Gasteiger charge is -2.39. The molecule has 1 aliphatic carbocycles. The number of nitrogens with two attached hydrogens (primary N) is 1. The van der Waals surface area contributed by atoms with E-state index < -0.39 is 0 Å². The van der Waals surface area contributed by atoms with Crippen LogP contribution in [0.3, 0.4) is 0 Å². The Morgan fingerprint density at radius 3 is 2.29 bits per heavy atom. The van der Waals surface area contributed by atoms with Gasteiger partial charge in [0.1, 0.15) is 0 Å². The van der Waals surface area contributed by atoms with E-state index in [-0.39, 0.29) is 0 Å². The predicted molar refractivity (Wildman–Crippen MR) is 88.5 cm³/mol. The summed E-state index contributed by atoms with van der Waals surface area (Å²) in [4.78, 5) is 5.14. The summed E-state index contributed by atoms with van der Waals surface area (Å²) in [6.07, 6.45) is 4.00. The van der Waals surface area contributed by atoms with Gasteiger partial charge in [-0.15, -0.1) is 0 Å². The largest absolute Gasteiger partial charge is 0.329 e. The summed E-state index contributed by atoms with van der Waals surface area (Å²) < 4.78 is 0. The van der Waals surface area contributed by atoms with Crippen molar-refractivity contribution in [1.82, 2.24) is 9.80 Å². The molecule has 1 aromatic carbocycles. The SMILES string of the molecule is CCCN1CCN(C(CN)c2ccc(C3CC3)cc2)CC1. The standard InChI is InChI=1S/C18H29N3/c1-2-9-20-10-12-21(13-11-20)18(14-19)17-7-5-16(6-8-17)15-3-4-15/h5-8,15,18H,2-4,9-14,19H2,1H3. The molecule has 0 radical (unpaired) electrons. The fourth-order valence-corrected chi connectivity index (χ4v) is 3.52. The van der Waals surface area contributed by atoms with E-state index >= 15 is 0 Å². The van der Waals surface area contributed by atoms with E-state index in [1.54, 1.807) is 0 Å². The Hall–Kier alpha value is -0.900. The van der Waals surface area contributed by atoms with E-state index in [1.807, 2.05) is 0 Å². The first-order chi connectivity index (χ1) is 10.3. The van der Waals surface area contributed by atoms with Crippen molar-refractivity contribution in [3.05, 3.63) is 35.4 Å². The van der Waals surface area contributed by atoms with Gasteiger partial charge >= 0.3 is 0 Å². The lowest BCUT2D eigenvalue weighted by Crippen LogP contribution is -2.49. The van der Waals surface area contributed by atoms with Crippen LogP contribution in [0.4, 0.5) is 0 Å². The van der Waals surface area contributed by atoms with Gasteiger partial charge in [-0.2, -0.15) is 0 Å². The van der Waals surface area contributed by atoms with Gasteiger partial charge in [0.25, 0.3) is 0 Å². The van der Waals surface area contributed by atoms with Crippen molar-refractivity contribution in [2.24, 2.45) is 5.73 Å². The molecule has 1 saturated heterocycles. The average Bonchev–Trinajstić information content (AvgIpc) is 3.36. The Morgan fingerprint density at radius 1 is 1.10 bits per heavy atom. The summed E-state index contributed by atoms with van der Waals surface area (Å²) in [6.45, 7) is 8.87. The van der Waals surface area contributed by atoms with Gasteiger partial charge in [0.15, 0.2) is 0 Å². The molecule has 0 spiro atoms. The predicted octanol–water partition coefficient (Wildman–Crippen LogP) is 2.59. The van der Waals surface area contributed by atoms with Crippen LogP contribution in [-0.4, -0.2) is 49.1 Å². The highest BCUT2D eigenvalue weighted by molar-refractivity contribution is 5.30. The molecule has 116 valence electrons. The Bertz CT molecular complexity index is 430. The molecule has 2 fully saturated rings. The van der Waals surface area contributed by atoms with Crippen LogP contribution in [0.2, 0.25) is 0 Å². The first-order valence-electron chi connectivity index (χ1n) is 8.58. The molecule has 1 saturated carbocycles. The maximum absolute atomic E-state index is 6.08. The highest BCUT2D eigenvalue weighted by Crippen LogP contribution is 2.40. The second-order valence-corrected chi connectivity index (χ2v) is 6.57. The number of piperazine rings is 1. The number of rotatable bonds is 6. The Morgan fingerprint density at radius 2 is 1.76 bits per heavy atom. The lowest BCUT2D eigenvalue weighted by atomic mass is 10.0. The van der Waals surface area contributed by atoms with Crippen LogP contribution < -0.4 is 5.73 Å². The minimum absolute atomic E-state index is 0.391. The van der Waals surface area contributed by atoms with E-state index in [2.05, 4.69) is 41.0 Å². The van der Waals surface area contributed by atoms with Gasteiger partial charge in [-0.25, -0.2) is 0 Å². The Kier molecular flexibility index (Phi) is 4.94. The molecular weight excluding hydrogens is 258 g/mol. The van der Waals surface area contributed by atoms with Crippen molar-refractivity contribution in [1.29, 1.82) is 0 Å². The van der Waals surface area contributed by atoms with Gasteiger partial charge in [-0.1, -0.05) is 31.2 Å². The van der Waals surface area contributed by atoms with Crippen molar-refractivity contribution in [3.8, 4) is 0 Å². The molecule has 2 aliphatic rings. The van der Waals surface area contributed by atoms with Crippen LogP contribution in [-0.2, 0) is 0 Å². The first kappa shape index (κ1) is 15.0. The summed E-state index contributed by atoms with van der Waals surface area (Å²) in [5.41, 5.74) is 8.99. The van der Waals surface area contributed by atoms with Crippen LogP contribution in [0, 0.1) is 0 Å². The molecule has 0 amide bonds. The zero-order valence-corrected chi connectivity index (χ0v) is 13.3. The van der Waals surface area contributed by atoms with Crippen molar-refractivity contribution >= 4 is 0 Å². The van der Waals surface area contributed by atoms with Crippen LogP contribution in [0.25, 0.3) is 0 Å². The monoisotopic (exact) mass is 287 g/mol. The highest BCUT2D eigenvalue weighted by Gasteiger charge is 2.26. The summed E-state index contributed by atoms with van der Waals surface area (Å²) in [5.74, 6) is 0.841. The van der Waals surface area contributed by atoms with Crippen LogP contribution in [0.5, 0.6) is 0 Å². The Balaban J connectivity index is 1.61. The molecule has 0 bridgehead atoms. The minimum atomic E-state index is 0.391. The number of hydrogen-bond acceptors (Lipinski definition) is 3. The molecule has 3 heteroatoms. The zero-order valence-electron chi connectivity index (χ0n) is 13.3. The van der Waals surface area contributed by atoms with Crippen LogP contribution in [0.1, 0.15) is 49.3 Å². The second-order valence-electron chi connectivity index (χ2n) is 6.57. The normalized spacial score (nSPS) is 22.4. The van der Waals surface area contributed by atoms with Gasteiger partial charge in [-0.05, 0) is 42.9 Å². The average molecular weight is 287 g/mol. The summed E-state index contributed by atoms with van der Waals surface area (Å²) >= 11 is 0. The molecule has 3 nitrogen and oxygen atoms in total. The fraction of sp³-hybridized carbons (Fsp3) is 0.667. The van der Waals surface area contributed by atoms with Gasteiger partial charge in [0, 0.05) is 38.8 Å². The molecule has 1 aliphatic heterocycles. The Labute approximate surface area is 129 Å². The zero-order chi connectivity index (χ0) is 14.7. The maximum atomic E-state index is 6.08. The number of benzene rings is 1. The fourth-order valence-electron chi connectivity index (χ4n) is 3.52. The molecule has 1 heterocycles. The molecule has 3 rings (SSSR count). The van der Waals surface area contributed by atoms with Crippen molar-refractivity contribution in [3.63, 3.8) is 0 Å². The van der Waals surface area contributed by atoms with E-state index in [0.717, 1.165) is 25.6 Å². The third kappa shape index (κ3) is 3.65. The van der Waals surface area contributed by atoms with Crippen molar-refractivity contribution in [2.45, 2.75) is 38.1 Å². The van der Waals surface area contributed by atoms with E-state index in [1.165, 1.54) is 50.0 Å². The molecular formula is C18H29N3. The molecule has 1 aromatic rings. The third-order valence-electron chi connectivity index (χ3n) is 4.98. The molecule has 0 aromatic heterocycles. The lowest BCUT2D eigenvalue weighted by molar-refractivity contribution is 0.0985. The molecule has 21 heavy (non-hydrogen) atoms. The van der Waals surface area contributed by atoms with Gasteiger partial charge in [0.2, 0.25) is 0 Å². The topological polar surface area (TPSA) is 32.5 Å². The minimum Gasteiger partial charge on any atom is -0.329 e. The molecule has 1 unspecified atom stereocenters. The summed E-state index contributed by atoms with van der Waals surface area (Å²) in [7, 11) is 0. The van der Waals surface area contributed by atoms with Crippen LogP contribution in [0.15, 0.2) is 24.3 Å². The quantitative estimate of drug-likeness (QED) is 0.873. The van der Waals surface area contributed by atoms with Gasteiger partial charge in [-0.3, -0.25) is 4.90 Å². The first-order valence-corrected chi connectivity index (χ1v) is 8.58. The van der Waals surface area contributed by atoms with Gasteiger partial charge < -0.3 is 10.6 Å². The maximum Gasteiger partial charge on any atom is 0.0471 e. The number of hydrogen-bond donors (Lipinski definition) is 1. The van der Waals surface area contributed by atoms with Crippen molar-refractivity contribution in [2.75, 3.05) is 39.3 Å². The molecule has 1 atom stereocenters. The van der Waals surface area contributed by atoms with Crippen molar-refractivity contribution < 1.29 is 0 Å². The second kappa shape index (κ2) is 6.91. The van der Waals surface area contributed by atoms with E-state index in [9.17, 15) is 0 Å².